The Morgan fingerprint density at radius 2 is 2.33 bits per heavy atom. The van der Waals surface area contributed by atoms with Crippen molar-refractivity contribution in [3.8, 4) is 0 Å². The van der Waals surface area contributed by atoms with Gasteiger partial charge in [-0.1, -0.05) is 18.3 Å². The van der Waals surface area contributed by atoms with Crippen LogP contribution in [0.1, 0.15) is 18.7 Å². The molecule has 0 bridgehead atoms. The van der Waals surface area contributed by atoms with E-state index in [0.717, 1.165) is 4.88 Å². The Bertz CT molecular complexity index is 358. The molecule has 1 heterocycles. The van der Waals surface area contributed by atoms with Crippen LogP contribution >= 0.6 is 23.6 Å². The van der Waals surface area contributed by atoms with Crippen LogP contribution in [0.2, 0.25) is 0 Å². The monoisotopic (exact) mass is 242 g/mol. The molecule has 0 fully saturated rings. The molecule has 0 unspecified atom stereocenters. The van der Waals surface area contributed by atoms with Gasteiger partial charge < -0.3 is 11.1 Å². The average molecular weight is 242 g/mol. The Morgan fingerprint density at radius 1 is 1.67 bits per heavy atom. The highest BCUT2D eigenvalue weighted by molar-refractivity contribution is 7.80. The molecule has 0 atom stereocenters. The minimum atomic E-state index is -0.621. The second-order valence-electron chi connectivity index (χ2n) is 3.79. The number of nitrogens with two attached hydrogens (primary N) is 1. The van der Waals surface area contributed by atoms with Gasteiger partial charge in [-0.25, -0.2) is 0 Å². The molecular formula is C10H14N2OS2. The normalized spacial score (nSPS) is 11.1. The van der Waals surface area contributed by atoms with Gasteiger partial charge in [0.2, 0.25) is 5.91 Å². The lowest BCUT2D eigenvalue weighted by Gasteiger charge is -2.24. The van der Waals surface area contributed by atoms with E-state index in [-0.39, 0.29) is 5.91 Å². The Balaban J connectivity index is 2.53. The van der Waals surface area contributed by atoms with E-state index in [9.17, 15) is 4.79 Å². The summed E-state index contributed by atoms with van der Waals surface area (Å²) in [6.07, 6.45) is 0.379. The van der Waals surface area contributed by atoms with E-state index in [4.69, 9.17) is 18.0 Å². The minimum Gasteiger partial charge on any atom is -0.391 e. The zero-order valence-corrected chi connectivity index (χ0v) is 10.4. The van der Waals surface area contributed by atoms with Crippen LogP contribution in [0.4, 0.5) is 0 Å². The number of carbonyl (C=O) groups is 1. The zero-order chi connectivity index (χ0) is 11.5. The lowest BCUT2D eigenvalue weighted by molar-refractivity contribution is -0.121. The van der Waals surface area contributed by atoms with Gasteiger partial charge in [0, 0.05) is 4.88 Å². The molecule has 3 nitrogen and oxygen atoms in total. The van der Waals surface area contributed by atoms with E-state index in [1.807, 2.05) is 17.5 Å². The number of hydrogen-bond acceptors (Lipinski definition) is 3. The molecule has 0 saturated heterocycles. The number of thiophene rings is 1. The molecule has 0 spiro atoms. The highest BCUT2D eigenvalue weighted by Gasteiger charge is 2.23. The summed E-state index contributed by atoms with van der Waals surface area (Å²) < 4.78 is 0. The molecule has 15 heavy (non-hydrogen) atoms. The van der Waals surface area contributed by atoms with Crippen molar-refractivity contribution >= 4 is 34.5 Å². The van der Waals surface area contributed by atoms with Crippen molar-refractivity contribution in [1.82, 2.24) is 5.32 Å². The summed E-state index contributed by atoms with van der Waals surface area (Å²) in [7, 11) is 0. The third kappa shape index (κ3) is 3.60. The van der Waals surface area contributed by atoms with Gasteiger partial charge in [-0.2, -0.15) is 0 Å². The zero-order valence-electron chi connectivity index (χ0n) is 8.74. The summed E-state index contributed by atoms with van der Waals surface area (Å²) in [4.78, 5) is 12.9. The van der Waals surface area contributed by atoms with Crippen molar-refractivity contribution in [2.24, 2.45) is 5.73 Å². The van der Waals surface area contributed by atoms with E-state index >= 15 is 0 Å². The van der Waals surface area contributed by atoms with Crippen LogP contribution in [0.3, 0.4) is 0 Å². The number of amides is 1. The highest BCUT2D eigenvalue weighted by atomic mass is 32.1. The van der Waals surface area contributed by atoms with Crippen LogP contribution in [0.5, 0.6) is 0 Å². The number of rotatable bonds is 4. The molecule has 0 aromatic carbocycles. The summed E-state index contributed by atoms with van der Waals surface area (Å²) in [6.45, 7) is 3.59. The topological polar surface area (TPSA) is 55.1 Å². The number of thiocarbonyl (C=S) groups is 1. The van der Waals surface area contributed by atoms with E-state index in [2.05, 4.69) is 5.32 Å². The predicted octanol–water partition coefficient (Wildman–Crippen LogP) is 1.47. The van der Waals surface area contributed by atoms with Gasteiger partial charge in [0.25, 0.3) is 0 Å². The summed E-state index contributed by atoms with van der Waals surface area (Å²) in [6, 6.07) is 3.85. The Morgan fingerprint density at radius 3 is 2.80 bits per heavy atom. The fourth-order valence-corrected chi connectivity index (χ4v) is 1.78. The molecule has 0 aliphatic carbocycles. The van der Waals surface area contributed by atoms with Crippen LogP contribution in [-0.4, -0.2) is 16.4 Å². The molecule has 0 aliphatic heterocycles. The summed E-state index contributed by atoms with van der Waals surface area (Å²) in [5.74, 6) is -0.0600. The lowest BCUT2D eigenvalue weighted by atomic mass is 10.1. The fourth-order valence-electron chi connectivity index (χ4n) is 1.03. The molecule has 1 amide bonds. The number of nitrogens with one attached hydrogen (secondary N) is 1. The minimum absolute atomic E-state index is 0.0600. The van der Waals surface area contributed by atoms with Gasteiger partial charge in [-0.05, 0) is 25.3 Å². The van der Waals surface area contributed by atoms with Gasteiger partial charge >= 0.3 is 0 Å². The Kier molecular flexibility index (Phi) is 3.82. The molecule has 0 radical (unpaired) electrons. The van der Waals surface area contributed by atoms with Gasteiger partial charge in [0.1, 0.15) is 0 Å². The molecule has 0 aliphatic rings. The Labute approximate surface area is 98.7 Å². The fraction of sp³-hybridized carbons (Fsp3) is 0.400. The van der Waals surface area contributed by atoms with Crippen molar-refractivity contribution in [2.75, 3.05) is 0 Å². The van der Waals surface area contributed by atoms with Crippen molar-refractivity contribution in [3.05, 3.63) is 22.4 Å². The standard InChI is InChI=1S/C10H14N2OS2/c1-10(2,9(11)14)12-8(13)6-7-4-3-5-15-7/h3-5H,6H2,1-2H3,(H2,11,14)(H,12,13). The van der Waals surface area contributed by atoms with E-state index < -0.39 is 5.54 Å². The van der Waals surface area contributed by atoms with Crippen LogP contribution < -0.4 is 11.1 Å². The third-order valence-corrected chi connectivity index (χ3v) is 3.37. The molecule has 1 aromatic heterocycles. The van der Waals surface area contributed by atoms with Gasteiger partial charge in [0.05, 0.1) is 16.9 Å². The molecular weight excluding hydrogens is 228 g/mol. The first-order chi connectivity index (χ1) is 6.92. The van der Waals surface area contributed by atoms with Gasteiger partial charge in [-0.15, -0.1) is 11.3 Å². The quantitative estimate of drug-likeness (QED) is 0.786. The van der Waals surface area contributed by atoms with Crippen molar-refractivity contribution in [3.63, 3.8) is 0 Å². The maximum atomic E-state index is 11.6. The average Bonchev–Trinajstić information content (AvgIpc) is 2.54. The lowest BCUT2D eigenvalue weighted by Crippen LogP contribution is -2.52. The number of carbonyl (C=O) groups excluding carboxylic acids is 1. The summed E-state index contributed by atoms with van der Waals surface area (Å²) in [5, 5.41) is 4.74. The number of hydrogen-bond donors (Lipinski definition) is 2. The molecule has 3 N–H and O–H groups in total. The van der Waals surface area contributed by atoms with Gasteiger partial charge in [-0.3, -0.25) is 4.79 Å². The van der Waals surface area contributed by atoms with E-state index in [0.29, 0.717) is 11.4 Å². The second kappa shape index (κ2) is 4.72. The van der Waals surface area contributed by atoms with Crippen LogP contribution in [0.15, 0.2) is 17.5 Å². The third-order valence-electron chi connectivity index (χ3n) is 1.98. The first-order valence-corrected chi connectivity index (χ1v) is 5.84. The summed E-state index contributed by atoms with van der Waals surface area (Å²) in [5.41, 5.74) is 4.89. The molecule has 82 valence electrons. The molecule has 1 aromatic rings. The molecule has 5 heteroatoms. The first-order valence-electron chi connectivity index (χ1n) is 4.55. The SMILES string of the molecule is CC(C)(NC(=O)Cc1cccs1)C(N)=S. The van der Waals surface area contributed by atoms with Gasteiger partial charge in [0.15, 0.2) is 0 Å². The van der Waals surface area contributed by atoms with Crippen LogP contribution in [0.25, 0.3) is 0 Å². The highest BCUT2D eigenvalue weighted by Crippen LogP contribution is 2.10. The smallest absolute Gasteiger partial charge is 0.226 e. The van der Waals surface area contributed by atoms with Crippen molar-refractivity contribution in [2.45, 2.75) is 25.8 Å². The maximum Gasteiger partial charge on any atom is 0.226 e. The Hall–Kier alpha value is -0.940. The molecule has 1 rings (SSSR count). The summed E-state index contributed by atoms with van der Waals surface area (Å²) >= 11 is 6.42. The van der Waals surface area contributed by atoms with Crippen molar-refractivity contribution < 1.29 is 4.79 Å². The predicted molar refractivity (Wildman–Crippen MR) is 67.0 cm³/mol. The van der Waals surface area contributed by atoms with E-state index in [1.165, 1.54) is 0 Å². The second-order valence-corrected chi connectivity index (χ2v) is 5.27. The maximum absolute atomic E-state index is 11.6. The largest absolute Gasteiger partial charge is 0.391 e. The van der Waals surface area contributed by atoms with Crippen LogP contribution in [0, 0.1) is 0 Å². The van der Waals surface area contributed by atoms with E-state index in [1.54, 1.807) is 25.2 Å². The van der Waals surface area contributed by atoms with Crippen LogP contribution in [-0.2, 0) is 11.2 Å². The van der Waals surface area contributed by atoms with Crippen molar-refractivity contribution in [1.29, 1.82) is 0 Å². The molecule has 0 saturated carbocycles. The first kappa shape index (κ1) is 12.1.